The SMILES string of the molecule is CC(C)C(NC(=O)C(N)CC(N)=O)C(=O)NC(CCC(=O)O)C(=O)NCC(=O)O. The summed E-state index contributed by atoms with van der Waals surface area (Å²) < 4.78 is 0. The quantitative estimate of drug-likeness (QED) is 0.160. The number of nitrogens with one attached hydrogen (secondary N) is 3. The van der Waals surface area contributed by atoms with Crippen molar-refractivity contribution in [2.75, 3.05) is 6.54 Å². The zero-order chi connectivity index (χ0) is 22.7. The number of aliphatic carboxylic acids is 2. The minimum Gasteiger partial charge on any atom is -0.481 e. The Labute approximate surface area is 166 Å². The molecule has 0 heterocycles. The molecule has 0 aromatic rings. The fraction of sp³-hybridized carbons (Fsp3) is 0.625. The Hall–Kier alpha value is -3.22. The second-order valence-corrected chi connectivity index (χ2v) is 6.61. The van der Waals surface area contributed by atoms with Gasteiger partial charge in [0.05, 0.1) is 12.5 Å². The van der Waals surface area contributed by atoms with E-state index in [-0.39, 0.29) is 6.42 Å². The van der Waals surface area contributed by atoms with Crippen LogP contribution in [0.1, 0.15) is 33.1 Å². The topological polar surface area (TPSA) is 231 Å². The molecule has 29 heavy (non-hydrogen) atoms. The van der Waals surface area contributed by atoms with Crippen LogP contribution in [0.2, 0.25) is 0 Å². The zero-order valence-electron chi connectivity index (χ0n) is 16.1. The van der Waals surface area contributed by atoms with Gasteiger partial charge in [-0.2, -0.15) is 0 Å². The summed E-state index contributed by atoms with van der Waals surface area (Å²) in [6, 6.07) is -3.76. The number of rotatable bonds is 13. The molecule has 0 aromatic carbocycles. The van der Waals surface area contributed by atoms with Crippen molar-refractivity contribution < 1.29 is 39.0 Å². The van der Waals surface area contributed by atoms with Crippen molar-refractivity contribution in [1.82, 2.24) is 16.0 Å². The van der Waals surface area contributed by atoms with Crippen molar-refractivity contribution in [3.05, 3.63) is 0 Å². The van der Waals surface area contributed by atoms with Gasteiger partial charge >= 0.3 is 11.9 Å². The molecule has 0 saturated heterocycles. The molecule has 0 bridgehead atoms. The third kappa shape index (κ3) is 10.6. The Balaban J connectivity index is 5.22. The molecule has 0 fully saturated rings. The van der Waals surface area contributed by atoms with E-state index in [1.807, 2.05) is 0 Å². The fourth-order valence-corrected chi connectivity index (χ4v) is 2.19. The largest absolute Gasteiger partial charge is 0.481 e. The molecule has 164 valence electrons. The Bertz CT molecular complexity index is 651. The molecule has 13 heteroatoms. The molecule has 3 atom stereocenters. The summed E-state index contributed by atoms with van der Waals surface area (Å²) in [5, 5.41) is 24.1. The second kappa shape index (κ2) is 12.3. The molecule has 0 spiro atoms. The molecule has 13 nitrogen and oxygen atoms in total. The van der Waals surface area contributed by atoms with Crippen molar-refractivity contribution in [2.45, 2.75) is 51.2 Å². The van der Waals surface area contributed by atoms with Crippen LogP contribution in [0.4, 0.5) is 0 Å². The first-order valence-corrected chi connectivity index (χ1v) is 8.71. The number of amides is 4. The molecule has 9 N–H and O–H groups in total. The van der Waals surface area contributed by atoms with Gasteiger partial charge in [-0.25, -0.2) is 0 Å². The number of primary amides is 1. The fourth-order valence-electron chi connectivity index (χ4n) is 2.19. The van der Waals surface area contributed by atoms with Crippen LogP contribution in [0.15, 0.2) is 0 Å². The summed E-state index contributed by atoms with van der Waals surface area (Å²) in [6.07, 6.45) is -1.20. The third-order valence-electron chi connectivity index (χ3n) is 3.70. The minimum absolute atomic E-state index is 0.299. The van der Waals surface area contributed by atoms with Gasteiger partial charge in [-0.05, 0) is 12.3 Å². The molecule has 0 rings (SSSR count). The summed E-state index contributed by atoms with van der Waals surface area (Å²) in [7, 11) is 0. The maximum atomic E-state index is 12.6. The Morgan fingerprint density at radius 2 is 1.48 bits per heavy atom. The molecule has 3 unspecified atom stereocenters. The zero-order valence-corrected chi connectivity index (χ0v) is 16.1. The number of carboxylic acid groups (broad SMARTS) is 2. The minimum atomic E-state index is -1.34. The molecule has 0 aliphatic heterocycles. The summed E-state index contributed by atoms with van der Waals surface area (Å²) in [6.45, 7) is 2.48. The van der Waals surface area contributed by atoms with E-state index in [1.165, 1.54) is 0 Å². The first-order valence-electron chi connectivity index (χ1n) is 8.71. The molecular formula is C16H27N5O8. The summed E-state index contributed by atoms with van der Waals surface area (Å²) >= 11 is 0. The lowest BCUT2D eigenvalue weighted by molar-refractivity contribution is -0.140. The van der Waals surface area contributed by atoms with E-state index < -0.39 is 79.0 Å². The summed E-state index contributed by atoms with van der Waals surface area (Å²) in [5.74, 6) is -6.31. The predicted octanol–water partition coefficient (Wildman–Crippen LogP) is -3.12. The van der Waals surface area contributed by atoms with Gasteiger partial charge in [-0.15, -0.1) is 0 Å². The van der Waals surface area contributed by atoms with Crippen LogP contribution >= 0.6 is 0 Å². The molecule has 0 aromatic heterocycles. The van der Waals surface area contributed by atoms with E-state index in [4.69, 9.17) is 21.7 Å². The van der Waals surface area contributed by atoms with Crippen LogP contribution < -0.4 is 27.4 Å². The highest BCUT2D eigenvalue weighted by atomic mass is 16.4. The predicted molar refractivity (Wildman–Crippen MR) is 98.0 cm³/mol. The average Bonchev–Trinajstić information content (AvgIpc) is 2.59. The lowest BCUT2D eigenvalue weighted by Crippen LogP contribution is -2.57. The van der Waals surface area contributed by atoms with Gasteiger partial charge < -0.3 is 37.6 Å². The van der Waals surface area contributed by atoms with Gasteiger partial charge in [0, 0.05) is 6.42 Å². The highest BCUT2D eigenvalue weighted by Crippen LogP contribution is 2.06. The number of hydrogen-bond donors (Lipinski definition) is 7. The number of hydrogen-bond acceptors (Lipinski definition) is 7. The van der Waals surface area contributed by atoms with Crippen LogP contribution in [0.3, 0.4) is 0 Å². The van der Waals surface area contributed by atoms with Crippen molar-refractivity contribution in [3.63, 3.8) is 0 Å². The standard InChI is InChI=1S/C16H27N5O8/c1-7(2)13(21-14(27)8(17)5-10(18)22)16(29)20-9(3-4-11(23)24)15(28)19-6-12(25)26/h7-9,13H,3-6,17H2,1-2H3,(H2,18,22)(H,19,28)(H,20,29)(H,21,27)(H,23,24)(H,25,26). The molecule has 0 aliphatic rings. The Morgan fingerprint density at radius 1 is 0.897 bits per heavy atom. The van der Waals surface area contributed by atoms with Gasteiger partial charge in [0.1, 0.15) is 18.6 Å². The highest BCUT2D eigenvalue weighted by molar-refractivity contribution is 5.94. The average molecular weight is 417 g/mol. The lowest BCUT2D eigenvalue weighted by Gasteiger charge is -2.26. The number of nitrogens with two attached hydrogens (primary N) is 2. The van der Waals surface area contributed by atoms with E-state index in [0.717, 1.165) is 0 Å². The molecule has 4 amide bonds. The van der Waals surface area contributed by atoms with Gasteiger partial charge in [-0.1, -0.05) is 13.8 Å². The van der Waals surface area contributed by atoms with E-state index in [2.05, 4.69) is 16.0 Å². The van der Waals surface area contributed by atoms with E-state index in [1.54, 1.807) is 13.8 Å². The van der Waals surface area contributed by atoms with Gasteiger partial charge in [0.15, 0.2) is 0 Å². The van der Waals surface area contributed by atoms with Crippen molar-refractivity contribution in [3.8, 4) is 0 Å². The highest BCUT2D eigenvalue weighted by Gasteiger charge is 2.30. The van der Waals surface area contributed by atoms with E-state index in [0.29, 0.717) is 0 Å². The van der Waals surface area contributed by atoms with Crippen LogP contribution in [0, 0.1) is 5.92 Å². The first kappa shape index (κ1) is 25.8. The third-order valence-corrected chi connectivity index (χ3v) is 3.70. The van der Waals surface area contributed by atoms with Gasteiger partial charge in [-0.3, -0.25) is 28.8 Å². The van der Waals surface area contributed by atoms with Crippen LogP contribution in [0.25, 0.3) is 0 Å². The van der Waals surface area contributed by atoms with Crippen molar-refractivity contribution in [1.29, 1.82) is 0 Å². The maximum absolute atomic E-state index is 12.6. The summed E-state index contributed by atoms with van der Waals surface area (Å²) in [5.41, 5.74) is 10.5. The van der Waals surface area contributed by atoms with E-state index in [9.17, 15) is 28.8 Å². The second-order valence-electron chi connectivity index (χ2n) is 6.61. The number of carboxylic acids is 2. The van der Waals surface area contributed by atoms with Gasteiger partial charge in [0.25, 0.3) is 0 Å². The monoisotopic (exact) mass is 417 g/mol. The van der Waals surface area contributed by atoms with E-state index >= 15 is 0 Å². The van der Waals surface area contributed by atoms with Crippen molar-refractivity contribution in [2.24, 2.45) is 17.4 Å². The number of carbonyl (C=O) groups is 6. The molecule has 0 saturated carbocycles. The number of carbonyl (C=O) groups excluding carboxylic acids is 4. The Kier molecular flexibility index (Phi) is 10.9. The van der Waals surface area contributed by atoms with Gasteiger partial charge in [0.2, 0.25) is 23.6 Å². The van der Waals surface area contributed by atoms with Crippen LogP contribution in [-0.4, -0.2) is 70.5 Å². The van der Waals surface area contributed by atoms with Crippen molar-refractivity contribution >= 4 is 35.6 Å². The summed E-state index contributed by atoms with van der Waals surface area (Å²) in [4.78, 5) is 69.0. The van der Waals surface area contributed by atoms with Crippen LogP contribution in [-0.2, 0) is 28.8 Å². The molecular weight excluding hydrogens is 390 g/mol. The molecule has 0 radical (unpaired) electrons. The smallest absolute Gasteiger partial charge is 0.322 e. The normalized spacial score (nSPS) is 13.7. The Morgan fingerprint density at radius 3 is 1.93 bits per heavy atom. The van der Waals surface area contributed by atoms with Crippen LogP contribution in [0.5, 0.6) is 0 Å². The molecule has 0 aliphatic carbocycles. The first-order chi connectivity index (χ1) is 13.3. The lowest BCUT2D eigenvalue weighted by atomic mass is 10.0. The maximum Gasteiger partial charge on any atom is 0.322 e.